The summed E-state index contributed by atoms with van der Waals surface area (Å²) in [5, 5.41) is 0. The van der Waals surface area contributed by atoms with Crippen molar-refractivity contribution in [2.45, 2.75) is 46.1 Å². The first-order chi connectivity index (χ1) is 15.0. The number of carbonyl (C=O) groups excluding carboxylic acids is 1. The van der Waals surface area contributed by atoms with Crippen LogP contribution in [0.5, 0.6) is 11.5 Å². The van der Waals surface area contributed by atoms with Crippen LogP contribution in [0.25, 0.3) is 11.1 Å². The number of rotatable bonds is 10. The molecule has 31 heavy (non-hydrogen) atoms. The van der Waals surface area contributed by atoms with Gasteiger partial charge in [0.2, 0.25) is 0 Å². The molecule has 2 heterocycles. The highest BCUT2D eigenvalue weighted by molar-refractivity contribution is 6.02. The Labute approximate surface area is 184 Å². The van der Waals surface area contributed by atoms with Gasteiger partial charge in [0.05, 0.1) is 19.8 Å². The number of benzene rings is 1. The minimum absolute atomic E-state index is 0.404. The monoisotopic (exact) mass is 421 g/mol. The Morgan fingerprint density at radius 2 is 1.90 bits per heavy atom. The zero-order chi connectivity index (χ0) is 22.4. The van der Waals surface area contributed by atoms with E-state index in [4.69, 9.17) is 15.2 Å². The minimum atomic E-state index is -0.404. The number of aromatic nitrogens is 2. The Balaban J connectivity index is 2.04. The summed E-state index contributed by atoms with van der Waals surface area (Å²) in [6.45, 7) is 4.88. The highest BCUT2D eigenvalue weighted by Gasteiger charge is 2.24. The van der Waals surface area contributed by atoms with Gasteiger partial charge in [0.25, 0.3) is 5.91 Å². The molecular weight excluding hydrogens is 390 g/mol. The van der Waals surface area contributed by atoms with E-state index >= 15 is 0 Å². The third-order valence-corrected chi connectivity index (χ3v) is 5.67. The number of nitrogens with two attached hydrogens (primary N) is 1. The molecule has 3 rings (SSSR count). The molecule has 0 unspecified atom stereocenters. The van der Waals surface area contributed by atoms with Crippen molar-refractivity contribution in [1.82, 2.24) is 9.55 Å². The standard InChI is InChI=1S/C25H31N3O3/c1-5-6-9-20-24(19-8-7-13-27-16-19)23(25(26)29)17(2)28(20)14-12-18-10-11-21(30-3)22(15-18)31-4/h7-8,10-11,13,15-16H,5-6,9,12,14H2,1-4H3,(H2,26,29). The van der Waals surface area contributed by atoms with E-state index in [1.54, 1.807) is 26.6 Å². The summed E-state index contributed by atoms with van der Waals surface area (Å²) < 4.78 is 13.0. The molecule has 0 bridgehead atoms. The molecular formula is C25H31N3O3. The number of hydrogen-bond acceptors (Lipinski definition) is 4. The van der Waals surface area contributed by atoms with Crippen molar-refractivity contribution in [3.8, 4) is 22.6 Å². The molecule has 1 amide bonds. The van der Waals surface area contributed by atoms with Crippen molar-refractivity contribution in [3.05, 3.63) is 65.2 Å². The molecule has 0 fully saturated rings. The van der Waals surface area contributed by atoms with E-state index in [2.05, 4.69) is 16.5 Å². The van der Waals surface area contributed by atoms with Crippen LogP contribution in [0.1, 0.15) is 47.1 Å². The van der Waals surface area contributed by atoms with Gasteiger partial charge in [0, 0.05) is 41.5 Å². The summed E-state index contributed by atoms with van der Waals surface area (Å²) in [7, 11) is 3.27. The molecule has 0 aliphatic rings. The van der Waals surface area contributed by atoms with Crippen molar-refractivity contribution >= 4 is 5.91 Å². The molecule has 2 aromatic heterocycles. The second kappa shape index (κ2) is 10.2. The summed E-state index contributed by atoms with van der Waals surface area (Å²) in [4.78, 5) is 16.7. The van der Waals surface area contributed by atoms with Gasteiger partial charge in [0.1, 0.15) is 0 Å². The zero-order valence-electron chi connectivity index (χ0n) is 18.8. The number of amides is 1. The molecule has 6 heteroatoms. The smallest absolute Gasteiger partial charge is 0.251 e. The van der Waals surface area contributed by atoms with Crippen molar-refractivity contribution in [1.29, 1.82) is 0 Å². The molecule has 3 aromatic rings. The molecule has 0 aliphatic heterocycles. The van der Waals surface area contributed by atoms with Crippen LogP contribution in [0.3, 0.4) is 0 Å². The number of primary amides is 1. The van der Waals surface area contributed by atoms with Gasteiger partial charge in [-0.1, -0.05) is 25.5 Å². The predicted octanol–water partition coefficient (Wildman–Crippen LogP) is 4.56. The second-order valence-electron chi connectivity index (χ2n) is 7.58. The number of nitrogens with zero attached hydrogens (tertiary/aromatic N) is 2. The van der Waals surface area contributed by atoms with Gasteiger partial charge in [0.15, 0.2) is 11.5 Å². The van der Waals surface area contributed by atoms with Crippen molar-refractivity contribution in [3.63, 3.8) is 0 Å². The summed E-state index contributed by atoms with van der Waals surface area (Å²) in [6.07, 6.45) is 7.30. The summed E-state index contributed by atoms with van der Waals surface area (Å²) in [6, 6.07) is 9.84. The molecule has 0 atom stereocenters. The van der Waals surface area contributed by atoms with Crippen LogP contribution in [0.15, 0.2) is 42.7 Å². The van der Waals surface area contributed by atoms with E-state index in [1.807, 2.05) is 37.3 Å². The van der Waals surface area contributed by atoms with Crippen LogP contribution >= 0.6 is 0 Å². The molecule has 0 saturated heterocycles. The van der Waals surface area contributed by atoms with Crippen LogP contribution in [0.2, 0.25) is 0 Å². The first kappa shape index (κ1) is 22.4. The van der Waals surface area contributed by atoms with Gasteiger partial charge in [-0.15, -0.1) is 0 Å². The lowest BCUT2D eigenvalue weighted by Crippen LogP contribution is -2.14. The number of carbonyl (C=O) groups is 1. The molecule has 164 valence electrons. The summed E-state index contributed by atoms with van der Waals surface area (Å²) >= 11 is 0. The van der Waals surface area contributed by atoms with E-state index in [0.29, 0.717) is 17.1 Å². The first-order valence-corrected chi connectivity index (χ1v) is 10.6. The molecule has 6 nitrogen and oxygen atoms in total. The highest BCUT2D eigenvalue weighted by Crippen LogP contribution is 2.34. The van der Waals surface area contributed by atoms with E-state index in [-0.39, 0.29) is 0 Å². The lowest BCUT2D eigenvalue weighted by molar-refractivity contribution is 0.1000. The minimum Gasteiger partial charge on any atom is -0.493 e. The largest absolute Gasteiger partial charge is 0.493 e. The third kappa shape index (κ3) is 4.74. The van der Waals surface area contributed by atoms with Gasteiger partial charge in [-0.3, -0.25) is 9.78 Å². The maximum Gasteiger partial charge on any atom is 0.251 e. The second-order valence-corrected chi connectivity index (χ2v) is 7.58. The maximum absolute atomic E-state index is 12.4. The van der Waals surface area contributed by atoms with Gasteiger partial charge in [-0.2, -0.15) is 0 Å². The molecule has 2 N–H and O–H groups in total. The van der Waals surface area contributed by atoms with Crippen LogP contribution in [-0.4, -0.2) is 29.7 Å². The fraction of sp³-hybridized carbons (Fsp3) is 0.360. The van der Waals surface area contributed by atoms with Gasteiger partial charge in [-0.05, 0) is 49.9 Å². The Kier molecular flexibility index (Phi) is 7.34. The van der Waals surface area contributed by atoms with Crippen LogP contribution in [0, 0.1) is 6.92 Å². The quantitative estimate of drug-likeness (QED) is 0.520. The lowest BCUT2D eigenvalue weighted by atomic mass is 9.99. The van der Waals surface area contributed by atoms with E-state index in [9.17, 15) is 4.79 Å². The fourth-order valence-electron chi connectivity index (χ4n) is 4.10. The average molecular weight is 422 g/mol. The molecule has 0 radical (unpaired) electrons. The topological polar surface area (TPSA) is 79.4 Å². The zero-order valence-corrected chi connectivity index (χ0v) is 18.8. The van der Waals surface area contributed by atoms with Crippen molar-refractivity contribution in [2.24, 2.45) is 5.73 Å². The number of unbranched alkanes of at least 4 members (excludes halogenated alkanes) is 1. The van der Waals surface area contributed by atoms with Gasteiger partial charge in [-0.25, -0.2) is 0 Å². The van der Waals surface area contributed by atoms with E-state index in [0.717, 1.165) is 60.3 Å². The number of pyridine rings is 1. The molecule has 0 saturated carbocycles. The van der Waals surface area contributed by atoms with Crippen LogP contribution in [0.4, 0.5) is 0 Å². The molecule has 1 aromatic carbocycles. The predicted molar refractivity (Wildman–Crippen MR) is 123 cm³/mol. The van der Waals surface area contributed by atoms with Gasteiger partial charge < -0.3 is 19.8 Å². The van der Waals surface area contributed by atoms with Crippen molar-refractivity contribution < 1.29 is 14.3 Å². The average Bonchev–Trinajstić information content (AvgIpc) is 3.07. The number of methoxy groups -OCH3 is 2. The Bertz CT molecular complexity index is 1040. The first-order valence-electron chi connectivity index (χ1n) is 10.6. The fourth-order valence-corrected chi connectivity index (χ4v) is 4.10. The van der Waals surface area contributed by atoms with Gasteiger partial charge >= 0.3 is 0 Å². The van der Waals surface area contributed by atoms with Crippen LogP contribution < -0.4 is 15.2 Å². The number of hydrogen-bond donors (Lipinski definition) is 1. The molecule has 0 spiro atoms. The van der Waals surface area contributed by atoms with E-state index < -0.39 is 5.91 Å². The Morgan fingerprint density at radius 1 is 1.13 bits per heavy atom. The Morgan fingerprint density at radius 3 is 2.52 bits per heavy atom. The SMILES string of the molecule is CCCCc1c(-c2cccnc2)c(C(N)=O)c(C)n1CCc1ccc(OC)c(OC)c1. The number of ether oxygens (including phenoxy) is 2. The highest BCUT2D eigenvalue weighted by atomic mass is 16.5. The van der Waals surface area contributed by atoms with E-state index in [1.165, 1.54) is 0 Å². The summed E-state index contributed by atoms with van der Waals surface area (Å²) in [5.74, 6) is 1.02. The van der Waals surface area contributed by atoms with Crippen LogP contribution in [-0.2, 0) is 19.4 Å². The maximum atomic E-state index is 12.4. The Hall–Kier alpha value is -3.28. The third-order valence-electron chi connectivity index (χ3n) is 5.67. The van der Waals surface area contributed by atoms with Crippen molar-refractivity contribution in [2.75, 3.05) is 14.2 Å². The number of aryl methyl sites for hydroxylation is 1. The summed E-state index contributed by atoms with van der Waals surface area (Å²) in [5.41, 5.74) is 11.4. The molecule has 0 aliphatic carbocycles. The normalized spacial score (nSPS) is 10.8. The lowest BCUT2D eigenvalue weighted by Gasteiger charge is -2.14.